The summed E-state index contributed by atoms with van der Waals surface area (Å²) in [7, 11) is 4.07. The van der Waals surface area contributed by atoms with Crippen LogP contribution in [-0.4, -0.2) is 75.0 Å². The third-order valence-electron chi connectivity index (χ3n) is 4.68. The van der Waals surface area contributed by atoms with Gasteiger partial charge in [-0.1, -0.05) is 0 Å². The summed E-state index contributed by atoms with van der Waals surface area (Å²) < 4.78 is 27.2. The average molecular weight is 331 g/mol. The number of hydrogen-bond acceptors (Lipinski definition) is 7. The van der Waals surface area contributed by atoms with Crippen molar-refractivity contribution >= 4 is 11.9 Å². The van der Waals surface area contributed by atoms with E-state index in [0.717, 1.165) is 12.8 Å². The van der Waals surface area contributed by atoms with Crippen molar-refractivity contribution in [1.29, 1.82) is 0 Å². The molecule has 8 nitrogen and oxygen atoms in total. The van der Waals surface area contributed by atoms with Gasteiger partial charge in [-0.25, -0.2) is 4.79 Å². The maximum absolute atomic E-state index is 12.8. The van der Waals surface area contributed by atoms with Gasteiger partial charge in [0.1, 0.15) is 0 Å². The molecule has 4 atom stereocenters. The lowest BCUT2D eigenvalue weighted by Gasteiger charge is -2.50. The van der Waals surface area contributed by atoms with Gasteiger partial charge in [-0.3, -0.25) is 4.79 Å². The van der Waals surface area contributed by atoms with Crippen LogP contribution in [0.15, 0.2) is 0 Å². The van der Waals surface area contributed by atoms with Crippen LogP contribution >= 0.6 is 0 Å². The number of amides is 1. The Kier molecular flexibility index (Phi) is 5.30. The van der Waals surface area contributed by atoms with Crippen molar-refractivity contribution in [2.45, 2.75) is 50.5 Å². The highest BCUT2D eigenvalue weighted by atomic mass is 16.8. The van der Waals surface area contributed by atoms with E-state index in [1.54, 1.807) is 18.7 Å². The van der Waals surface area contributed by atoms with E-state index in [1.807, 2.05) is 0 Å². The van der Waals surface area contributed by atoms with Crippen LogP contribution in [0.2, 0.25) is 0 Å². The molecule has 2 fully saturated rings. The first kappa shape index (κ1) is 18.1. The van der Waals surface area contributed by atoms with E-state index in [1.165, 1.54) is 21.3 Å². The molecule has 2 aliphatic heterocycles. The molecular formula is C15H25NO7. The van der Waals surface area contributed by atoms with Crippen molar-refractivity contribution in [3.8, 4) is 0 Å². The Morgan fingerprint density at radius 3 is 1.87 bits per heavy atom. The van der Waals surface area contributed by atoms with Crippen molar-refractivity contribution in [2.24, 2.45) is 0 Å². The fraction of sp³-hybridized carbons (Fsp3) is 0.867. The van der Waals surface area contributed by atoms with Crippen LogP contribution in [0.5, 0.6) is 0 Å². The molecular weight excluding hydrogens is 306 g/mol. The summed E-state index contributed by atoms with van der Waals surface area (Å²) in [5.41, 5.74) is 0. The predicted octanol–water partition coefficient (Wildman–Crippen LogP) is 0.291. The van der Waals surface area contributed by atoms with Crippen LogP contribution in [0.25, 0.3) is 0 Å². The molecule has 2 aliphatic rings. The number of carbonyl (C=O) groups is 2. The van der Waals surface area contributed by atoms with E-state index in [9.17, 15) is 9.59 Å². The quantitative estimate of drug-likeness (QED) is 0.685. The van der Waals surface area contributed by atoms with Gasteiger partial charge in [-0.05, 0) is 26.7 Å². The van der Waals surface area contributed by atoms with Crippen molar-refractivity contribution in [3.63, 3.8) is 0 Å². The lowest BCUT2D eigenvalue weighted by molar-refractivity contribution is -0.438. The van der Waals surface area contributed by atoms with Gasteiger partial charge in [0, 0.05) is 27.3 Å². The van der Waals surface area contributed by atoms with Gasteiger partial charge in [0.05, 0.1) is 7.11 Å². The zero-order chi connectivity index (χ0) is 17.3. The SMILES string of the molecule is COC(=O)[C@H]1O[C@@](C)(OC)[C@](C)(OC)O[C@H]1C(=O)N1CCCC1. The summed E-state index contributed by atoms with van der Waals surface area (Å²) in [4.78, 5) is 26.5. The number of rotatable bonds is 4. The van der Waals surface area contributed by atoms with Gasteiger partial charge in [0.15, 0.2) is 12.2 Å². The lowest BCUT2D eigenvalue weighted by atomic mass is 10.0. The predicted molar refractivity (Wildman–Crippen MR) is 78.4 cm³/mol. The minimum atomic E-state index is -1.37. The van der Waals surface area contributed by atoms with E-state index in [2.05, 4.69) is 0 Å². The Hall–Kier alpha value is -1.22. The highest BCUT2D eigenvalue weighted by Gasteiger charge is 2.60. The molecule has 2 heterocycles. The lowest BCUT2D eigenvalue weighted by Crippen LogP contribution is -2.69. The first-order valence-corrected chi connectivity index (χ1v) is 7.64. The number of carbonyl (C=O) groups excluding carboxylic acids is 2. The molecule has 1 amide bonds. The summed E-state index contributed by atoms with van der Waals surface area (Å²) in [6, 6.07) is 0. The van der Waals surface area contributed by atoms with E-state index < -0.39 is 29.8 Å². The highest BCUT2D eigenvalue weighted by Crippen LogP contribution is 2.40. The number of likely N-dealkylation sites (tertiary alicyclic amines) is 1. The minimum absolute atomic E-state index is 0.306. The number of hydrogen-bond donors (Lipinski definition) is 0. The fourth-order valence-electron chi connectivity index (χ4n) is 2.87. The first-order chi connectivity index (χ1) is 10.8. The molecule has 0 radical (unpaired) electrons. The highest BCUT2D eigenvalue weighted by molar-refractivity contribution is 5.89. The molecule has 0 bridgehead atoms. The van der Waals surface area contributed by atoms with Crippen molar-refractivity contribution < 1.29 is 33.3 Å². The zero-order valence-corrected chi connectivity index (χ0v) is 14.3. The molecule has 2 rings (SSSR count). The summed E-state index contributed by atoms with van der Waals surface area (Å²) in [6.45, 7) is 4.47. The van der Waals surface area contributed by atoms with Crippen LogP contribution in [0.3, 0.4) is 0 Å². The summed E-state index contributed by atoms with van der Waals surface area (Å²) in [5, 5.41) is 0. The number of methoxy groups -OCH3 is 3. The van der Waals surface area contributed by atoms with Gasteiger partial charge < -0.3 is 28.6 Å². The molecule has 23 heavy (non-hydrogen) atoms. The Morgan fingerprint density at radius 1 is 0.957 bits per heavy atom. The molecule has 8 heteroatoms. The number of ether oxygens (including phenoxy) is 5. The van der Waals surface area contributed by atoms with Crippen molar-refractivity contribution in [3.05, 3.63) is 0 Å². The molecule has 0 aromatic heterocycles. The Balaban J connectivity index is 2.33. The topological polar surface area (TPSA) is 83.5 Å². The molecule has 0 N–H and O–H groups in total. The van der Waals surface area contributed by atoms with Gasteiger partial charge in [0.2, 0.25) is 11.6 Å². The number of nitrogens with zero attached hydrogens (tertiary/aromatic N) is 1. The second-order valence-corrected chi connectivity index (χ2v) is 5.93. The fourth-order valence-corrected chi connectivity index (χ4v) is 2.87. The summed E-state index contributed by atoms with van der Waals surface area (Å²) >= 11 is 0. The van der Waals surface area contributed by atoms with Crippen molar-refractivity contribution in [2.75, 3.05) is 34.4 Å². The second kappa shape index (κ2) is 6.72. The van der Waals surface area contributed by atoms with Crippen LogP contribution in [0, 0.1) is 0 Å². The monoisotopic (exact) mass is 331 g/mol. The van der Waals surface area contributed by atoms with E-state index in [0.29, 0.717) is 13.1 Å². The maximum Gasteiger partial charge on any atom is 0.338 e. The molecule has 2 saturated heterocycles. The minimum Gasteiger partial charge on any atom is -0.467 e. The standard InChI is InChI=1S/C15H25NO7/c1-14(20-4)15(2,21-5)23-11(13(18)19-3)10(22-14)12(17)16-8-6-7-9-16/h10-11H,6-9H2,1-5H3/t10-,11+,14-,15-/m1/s1. The van der Waals surface area contributed by atoms with Gasteiger partial charge >= 0.3 is 5.97 Å². The molecule has 0 saturated carbocycles. The maximum atomic E-state index is 12.8. The van der Waals surface area contributed by atoms with Crippen molar-refractivity contribution in [1.82, 2.24) is 4.90 Å². The van der Waals surface area contributed by atoms with E-state index in [-0.39, 0.29) is 5.91 Å². The first-order valence-electron chi connectivity index (χ1n) is 7.64. The Bertz CT molecular complexity index is 465. The zero-order valence-electron chi connectivity index (χ0n) is 14.3. The molecule has 132 valence electrons. The Morgan fingerprint density at radius 2 is 1.43 bits per heavy atom. The summed E-state index contributed by atoms with van der Waals surface area (Å²) in [6.07, 6.45) is -0.506. The average Bonchev–Trinajstić information content (AvgIpc) is 3.10. The molecule has 0 aromatic rings. The second-order valence-electron chi connectivity index (χ2n) is 5.93. The van der Waals surface area contributed by atoms with Crippen LogP contribution in [0.4, 0.5) is 0 Å². The van der Waals surface area contributed by atoms with E-state index >= 15 is 0 Å². The largest absolute Gasteiger partial charge is 0.467 e. The van der Waals surface area contributed by atoms with E-state index in [4.69, 9.17) is 23.7 Å². The van der Waals surface area contributed by atoms with Crippen LogP contribution in [-0.2, 0) is 33.3 Å². The molecule has 0 unspecified atom stereocenters. The summed E-state index contributed by atoms with van der Waals surface area (Å²) in [5.74, 6) is -3.72. The third-order valence-corrected chi connectivity index (χ3v) is 4.68. The normalized spacial score (nSPS) is 37.7. The van der Waals surface area contributed by atoms with Crippen LogP contribution in [0.1, 0.15) is 26.7 Å². The van der Waals surface area contributed by atoms with Gasteiger partial charge in [0.25, 0.3) is 5.91 Å². The van der Waals surface area contributed by atoms with Crippen LogP contribution < -0.4 is 0 Å². The molecule has 0 aliphatic carbocycles. The molecule has 0 aromatic carbocycles. The molecule has 0 spiro atoms. The Labute approximate surface area is 135 Å². The van der Waals surface area contributed by atoms with Gasteiger partial charge in [-0.15, -0.1) is 0 Å². The smallest absolute Gasteiger partial charge is 0.338 e. The van der Waals surface area contributed by atoms with Gasteiger partial charge in [-0.2, -0.15) is 0 Å². The number of esters is 1. The third kappa shape index (κ3) is 3.08.